The van der Waals surface area contributed by atoms with Gasteiger partial charge in [-0.15, -0.1) is 0 Å². The van der Waals surface area contributed by atoms with Gasteiger partial charge in [0.2, 0.25) is 17.6 Å². The van der Waals surface area contributed by atoms with Crippen molar-refractivity contribution in [2.45, 2.75) is 12.8 Å². The van der Waals surface area contributed by atoms with E-state index in [0.29, 0.717) is 28.9 Å². The molecule has 0 radical (unpaired) electrons. The Morgan fingerprint density at radius 2 is 1.63 bits per heavy atom. The summed E-state index contributed by atoms with van der Waals surface area (Å²) in [5.74, 6) is 2.13. The number of hydrogen-bond donors (Lipinski definition) is 1. The number of methoxy groups -OCH3 is 3. The van der Waals surface area contributed by atoms with Crippen molar-refractivity contribution >= 4 is 17.5 Å². The van der Waals surface area contributed by atoms with Crippen molar-refractivity contribution in [1.82, 2.24) is 9.97 Å². The SMILES string of the molecule is COc1cc(NC(=O)C2CCN(c3ncccn3)CC2)cc(OC)c1OC. The normalized spacial score (nSPS) is 14.6. The van der Waals surface area contributed by atoms with Gasteiger partial charge in [0.1, 0.15) is 0 Å². The Morgan fingerprint density at radius 3 is 2.15 bits per heavy atom. The van der Waals surface area contributed by atoms with E-state index < -0.39 is 0 Å². The van der Waals surface area contributed by atoms with E-state index in [2.05, 4.69) is 20.2 Å². The van der Waals surface area contributed by atoms with Crippen molar-refractivity contribution in [2.75, 3.05) is 44.6 Å². The Labute approximate surface area is 158 Å². The van der Waals surface area contributed by atoms with E-state index in [-0.39, 0.29) is 11.8 Å². The van der Waals surface area contributed by atoms with Gasteiger partial charge in [0.05, 0.1) is 21.3 Å². The fourth-order valence-corrected chi connectivity index (χ4v) is 3.19. The van der Waals surface area contributed by atoms with Crippen LogP contribution in [-0.4, -0.2) is 50.3 Å². The van der Waals surface area contributed by atoms with Gasteiger partial charge in [-0.1, -0.05) is 0 Å². The van der Waals surface area contributed by atoms with Crippen LogP contribution in [0.1, 0.15) is 12.8 Å². The van der Waals surface area contributed by atoms with Crippen LogP contribution in [0.25, 0.3) is 0 Å². The first-order chi connectivity index (χ1) is 13.2. The molecule has 0 saturated carbocycles. The summed E-state index contributed by atoms with van der Waals surface area (Å²) >= 11 is 0. The van der Waals surface area contributed by atoms with Crippen LogP contribution >= 0.6 is 0 Å². The summed E-state index contributed by atoms with van der Waals surface area (Å²) in [7, 11) is 4.64. The van der Waals surface area contributed by atoms with Gasteiger partial charge in [-0.2, -0.15) is 0 Å². The lowest BCUT2D eigenvalue weighted by molar-refractivity contribution is -0.120. The van der Waals surface area contributed by atoms with E-state index in [9.17, 15) is 4.79 Å². The van der Waals surface area contributed by atoms with Crippen molar-refractivity contribution in [3.05, 3.63) is 30.6 Å². The lowest BCUT2D eigenvalue weighted by Gasteiger charge is -2.31. The Hall–Kier alpha value is -3.03. The first-order valence-corrected chi connectivity index (χ1v) is 8.79. The molecular formula is C19H24N4O4. The number of rotatable bonds is 6. The van der Waals surface area contributed by atoms with E-state index in [1.807, 2.05) is 0 Å². The minimum atomic E-state index is -0.0657. The minimum Gasteiger partial charge on any atom is -0.493 e. The van der Waals surface area contributed by atoms with Gasteiger partial charge < -0.3 is 24.4 Å². The van der Waals surface area contributed by atoms with E-state index in [1.165, 1.54) is 0 Å². The predicted octanol–water partition coefficient (Wildman–Crippen LogP) is 2.36. The molecule has 0 aliphatic carbocycles. The Balaban J connectivity index is 1.64. The molecule has 27 heavy (non-hydrogen) atoms. The van der Waals surface area contributed by atoms with Crippen molar-refractivity contribution in [3.8, 4) is 17.2 Å². The van der Waals surface area contributed by atoms with E-state index in [1.54, 1.807) is 51.9 Å². The number of carbonyl (C=O) groups is 1. The van der Waals surface area contributed by atoms with Crippen LogP contribution < -0.4 is 24.4 Å². The molecule has 1 fully saturated rings. The third-order valence-electron chi connectivity index (χ3n) is 4.63. The first kappa shape index (κ1) is 18.8. The smallest absolute Gasteiger partial charge is 0.227 e. The molecule has 8 nitrogen and oxygen atoms in total. The molecule has 0 unspecified atom stereocenters. The van der Waals surface area contributed by atoms with Crippen molar-refractivity contribution < 1.29 is 19.0 Å². The molecule has 0 bridgehead atoms. The summed E-state index contributed by atoms with van der Waals surface area (Å²) in [5, 5.41) is 2.96. The molecule has 144 valence electrons. The number of hydrogen-bond acceptors (Lipinski definition) is 7. The molecule has 8 heteroatoms. The fraction of sp³-hybridized carbons (Fsp3) is 0.421. The number of carbonyl (C=O) groups excluding carboxylic acids is 1. The zero-order valence-corrected chi connectivity index (χ0v) is 15.8. The maximum Gasteiger partial charge on any atom is 0.227 e. The van der Waals surface area contributed by atoms with Gasteiger partial charge in [-0.05, 0) is 18.9 Å². The second-order valence-corrected chi connectivity index (χ2v) is 6.21. The fourth-order valence-electron chi connectivity index (χ4n) is 3.19. The van der Waals surface area contributed by atoms with Crippen LogP contribution in [0, 0.1) is 5.92 Å². The molecule has 0 spiro atoms. The monoisotopic (exact) mass is 372 g/mol. The second kappa shape index (κ2) is 8.57. The van der Waals surface area contributed by atoms with Gasteiger partial charge in [0, 0.05) is 49.2 Å². The summed E-state index contributed by atoms with van der Waals surface area (Å²) < 4.78 is 16.0. The molecule has 1 aliphatic rings. The number of nitrogens with zero attached hydrogens (tertiary/aromatic N) is 3. The highest BCUT2D eigenvalue weighted by Crippen LogP contribution is 2.40. The zero-order chi connectivity index (χ0) is 19.2. The number of nitrogens with one attached hydrogen (secondary N) is 1. The van der Waals surface area contributed by atoms with Crippen LogP contribution in [0.3, 0.4) is 0 Å². The number of ether oxygens (including phenoxy) is 3. The average Bonchev–Trinajstić information content (AvgIpc) is 2.73. The van der Waals surface area contributed by atoms with Crippen LogP contribution in [-0.2, 0) is 4.79 Å². The number of piperidine rings is 1. The minimum absolute atomic E-state index is 0.0158. The van der Waals surface area contributed by atoms with Crippen LogP contribution in [0.4, 0.5) is 11.6 Å². The molecule has 1 aromatic carbocycles. The van der Waals surface area contributed by atoms with Crippen LogP contribution in [0.5, 0.6) is 17.2 Å². The number of benzene rings is 1. The lowest BCUT2D eigenvalue weighted by Crippen LogP contribution is -2.39. The van der Waals surface area contributed by atoms with Gasteiger partial charge in [0.25, 0.3) is 0 Å². The Kier molecular flexibility index (Phi) is 5.95. The summed E-state index contributed by atoms with van der Waals surface area (Å²) in [6, 6.07) is 5.25. The van der Waals surface area contributed by atoms with Crippen LogP contribution in [0.2, 0.25) is 0 Å². The maximum absolute atomic E-state index is 12.7. The number of amides is 1. The summed E-state index contributed by atoms with van der Waals surface area (Å²) in [4.78, 5) is 23.3. The highest BCUT2D eigenvalue weighted by Gasteiger charge is 2.26. The van der Waals surface area contributed by atoms with Crippen LogP contribution in [0.15, 0.2) is 30.6 Å². The standard InChI is InChI=1S/C19H24N4O4/c1-25-15-11-14(12-16(26-2)17(15)27-3)22-18(24)13-5-9-23(10-6-13)19-20-7-4-8-21-19/h4,7-8,11-13H,5-6,9-10H2,1-3H3,(H,22,24). The molecule has 1 aromatic heterocycles. The number of anilines is 2. The third kappa shape index (κ3) is 4.21. The molecule has 2 heterocycles. The van der Waals surface area contributed by atoms with Gasteiger partial charge in [-0.25, -0.2) is 9.97 Å². The lowest BCUT2D eigenvalue weighted by atomic mass is 9.96. The van der Waals surface area contributed by atoms with E-state index in [4.69, 9.17) is 14.2 Å². The van der Waals surface area contributed by atoms with Crippen molar-refractivity contribution in [3.63, 3.8) is 0 Å². The second-order valence-electron chi connectivity index (χ2n) is 6.21. The quantitative estimate of drug-likeness (QED) is 0.833. The highest BCUT2D eigenvalue weighted by atomic mass is 16.5. The molecule has 1 saturated heterocycles. The molecule has 1 N–H and O–H groups in total. The Morgan fingerprint density at radius 1 is 1.04 bits per heavy atom. The third-order valence-corrected chi connectivity index (χ3v) is 4.63. The zero-order valence-electron chi connectivity index (χ0n) is 15.8. The maximum atomic E-state index is 12.7. The van der Waals surface area contributed by atoms with Gasteiger partial charge in [-0.3, -0.25) is 4.79 Å². The molecule has 2 aromatic rings. The average molecular weight is 372 g/mol. The highest BCUT2D eigenvalue weighted by molar-refractivity contribution is 5.93. The molecule has 3 rings (SSSR count). The van der Waals surface area contributed by atoms with Crippen molar-refractivity contribution in [1.29, 1.82) is 0 Å². The van der Waals surface area contributed by atoms with E-state index >= 15 is 0 Å². The Bertz CT molecular complexity index is 752. The first-order valence-electron chi connectivity index (χ1n) is 8.79. The molecule has 0 atom stereocenters. The molecule has 1 amide bonds. The topological polar surface area (TPSA) is 85.8 Å². The van der Waals surface area contributed by atoms with Gasteiger partial charge in [0.15, 0.2) is 11.5 Å². The summed E-state index contributed by atoms with van der Waals surface area (Å²) in [6.45, 7) is 1.49. The predicted molar refractivity (Wildman–Crippen MR) is 102 cm³/mol. The molecule has 1 aliphatic heterocycles. The van der Waals surface area contributed by atoms with E-state index in [0.717, 1.165) is 25.9 Å². The van der Waals surface area contributed by atoms with Crippen molar-refractivity contribution in [2.24, 2.45) is 5.92 Å². The summed E-state index contributed by atoms with van der Waals surface area (Å²) in [5.41, 5.74) is 0.614. The van der Waals surface area contributed by atoms with Gasteiger partial charge >= 0.3 is 0 Å². The molecular weight excluding hydrogens is 348 g/mol. The largest absolute Gasteiger partial charge is 0.493 e. The summed E-state index contributed by atoms with van der Waals surface area (Å²) in [6.07, 6.45) is 4.94. The number of aromatic nitrogens is 2.